The van der Waals surface area contributed by atoms with Crippen LogP contribution < -0.4 is 0 Å². The molecule has 0 heterocycles. The highest BCUT2D eigenvalue weighted by Crippen LogP contribution is 2.11. The van der Waals surface area contributed by atoms with Gasteiger partial charge in [-0.2, -0.15) is 0 Å². The molecule has 0 atom stereocenters. The first-order chi connectivity index (χ1) is 9.99. The second-order valence-electron chi connectivity index (χ2n) is 5.61. The molecule has 0 heteroatoms. The molecule has 0 aliphatic heterocycles. The van der Waals surface area contributed by atoms with E-state index in [1.165, 1.54) is 48.8 Å². The number of allylic oxidation sites excluding steroid dienone is 3. The van der Waals surface area contributed by atoms with Crippen molar-refractivity contribution < 1.29 is 0 Å². The fraction of sp³-hybridized carbons (Fsp3) is 0.524. The minimum Gasteiger partial charge on any atom is -0.100 e. The van der Waals surface area contributed by atoms with Gasteiger partial charge in [-0.15, -0.1) is 6.58 Å². The summed E-state index contributed by atoms with van der Waals surface area (Å²) in [5.41, 5.74) is 3.81. The van der Waals surface area contributed by atoms with E-state index < -0.39 is 0 Å². The maximum atomic E-state index is 3.56. The third-order valence-corrected chi connectivity index (χ3v) is 2.87. The third kappa shape index (κ3) is 18.7. The average molecular weight is 289 g/mol. The maximum Gasteiger partial charge on any atom is -0.0231 e. The van der Waals surface area contributed by atoms with E-state index in [9.17, 15) is 0 Å². The first-order valence-corrected chi connectivity index (χ1v) is 8.29. The Kier molecular flexibility index (Phi) is 17.5. The topological polar surface area (TPSA) is 0 Å². The Morgan fingerprint density at radius 1 is 0.905 bits per heavy atom. The molecular weight excluding hydrogens is 252 g/mol. The molecule has 0 nitrogen and oxygen atoms in total. The molecule has 120 valence electrons. The predicted octanol–water partition coefficient (Wildman–Crippen LogP) is 7.67. The van der Waals surface area contributed by atoms with E-state index in [0.717, 1.165) is 0 Å². The molecule has 0 bridgehead atoms. The van der Waals surface area contributed by atoms with Gasteiger partial charge >= 0.3 is 0 Å². The summed E-state index contributed by atoms with van der Waals surface area (Å²) >= 11 is 0. The Morgan fingerprint density at radius 3 is 1.67 bits per heavy atom. The molecule has 1 rings (SSSR count). The smallest absolute Gasteiger partial charge is 0.0231 e. The summed E-state index contributed by atoms with van der Waals surface area (Å²) in [7, 11) is 0. The highest BCUT2D eigenvalue weighted by atomic mass is 13.9. The molecule has 1 aromatic rings. The van der Waals surface area contributed by atoms with Crippen LogP contribution in [-0.2, 0) is 0 Å². The van der Waals surface area contributed by atoms with E-state index in [2.05, 4.69) is 64.6 Å². The van der Waals surface area contributed by atoms with Gasteiger partial charge in [-0.05, 0) is 38.8 Å². The van der Waals surface area contributed by atoms with Gasteiger partial charge < -0.3 is 0 Å². The van der Waals surface area contributed by atoms with Crippen LogP contribution in [0.3, 0.4) is 0 Å². The summed E-state index contributed by atoms with van der Waals surface area (Å²) in [4.78, 5) is 0. The van der Waals surface area contributed by atoms with Crippen LogP contribution >= 0.6 is 0 Å². The highest BCUT2D eigenvalue weighted by Gasteiger charge is 1.88. The fourth-order valence-corrected chi connectivity index (χ4v) is 1.54. The molecular formula is C21H36. The SMILES string of the molecule is C/C=C(\C)c1ccccc1.C=C(C)C.CCCCCCC. The van der Waals surface area contributed by atoms with Crippen LogP contribution in [0.5, 0.6) is 0 Å². The van der Waals surface area contributed by atoms with Gasteiger partial charge in [-0.25, -0.2) is 0 Å². The molecule has 21 heavy (non-hydrogen) atoms. The van der Waals surface area contributed by atoms with Gasteiger partial charge in [0.15, 0.2) is 0 Å². The van der Waals surface area contributed by atoms with Crippen molar-refractivity contribution in [3.8, 4) is 0 Å². The summed E-state index contributed by atoms with van der Waals surface area (Å²) < 4.78 is 0. The molecule has 0 radical (unpaired) electrons. The second-order valence-corrected chi connectivity index (χ2v) is 5.61. The normalized spacial score (nSPS) is 9.90. The van der Waals surface area contributed by atoms with Crippen molar-refractivity contribution in [1.82, 2.24) is 0 Å². The van der Waals surface area contributed by atoms with Crippen LogP contribution in [0.4, 0.5) is 0 Å². The zero-order valence-electron chi connectivity index (χ0n) is 15.2. The van der Waals surface area contributed by atoms with Crippen LogP contribution in [-0.4, -0.2) is 0 Å². The van der Waals surface area contributed by atoms with E-state index in [1.807, 2.05) is 19.9 Å². The maximum absolute atomic E-state index is 3.56. The van der Waals surface area contributed by atoms with Crippen LogP contribution in [0.15, 0.2) is 48.6 Å². The first kappa shape index (κ1) is 22.0. The van der Waals surface area contributed by atoms with E-state index in [-0.39, 0.29) is 0 Å². The van der Waals surface area contributed by atoms with Crippen molar-refractivity contribution in [2.24, 2.45) is 0 Å². The van der Waals surface area contributed by atoms with Crippen molar-refractivity contribution in [3.63, 3.8) is 0 Å². The standard InChI is InChI=1S/C10H12.C7H16.C4H8/c1-3-9(2)10-7-5-4-6-8-10;1-3-5-7-6-4-2;1-4(2)3/h3-8H,1-2H3;3-7H2,1-2H3;1H2,2-3H3/b9-3+;;. The Morgan fingerprint density at radius 2 is 1.33 bits per heavy atom. The molecule has 0 amide bonds. The zero-order chi connectivity index (χ0) is 16.5. The number of hydrogen-bond acceptors (Lipinski definition) is 0. The molecule has 0 N–H and O–H groups in total. The fourth-order valence-electron chi connectivity index (χ4n) is 1.54. The van der Waals surface area contributed by atoms with Crippen LogP contribution in [0.2, 0.25) is 0 Å². The largest absolute Gasteiger partial charge is 0.100 e. The van der Waals surface area contributed by atoms with E-state index in [1.54, 1.807) is 0 Å². The summed E-state index contributed by atoms with van der Waals surface area (Å²) in [5, 5.41) is 0. The van der Waals surface area contributed by atoms with E-state index in [0.29, 0.717) is 0 Å². The van der Waals surface area contributed by atoms with Crippen molar-refractivity contribution in [2.75, 3.05) is 0 Å². The zero-order valence-corrected chi connectivity index (χ0v) is 15.2. The predicted molar refractivity (Wildman–Crippen MR) is 101 cm³/mol. The Balaban J connectivity index is 0. The van der Waals surface area contributed by atoms with Gasteiger partial charge in [0, 0.05) is 0 Å². The lowest BCUT2D eigenvalue weighted by Crippen LogP contribution is -1.75. The average Bonchev–Trinajstić information content (AvgIpc) is 2.48. The van der Waals surface area contributed by atoms with Gasteiger partial charge in [0.1, 0.15) is 0 Å². The Bertz CT molecular complexity index is 349. The number of unbranched alkanes of at least 4 members (excludes halogenated alkanes) is 4. The number of hydrogen-bond donors (Lipinski definition) is 0. The Labute approximate surface area is 134 Å². The third-order valence-electron chi connectivity index (χ3n) is 2.87. The van der Waals surface area contributed by atoms with Crippen LogP contribution in [0.1, 0.15) is 79.2 Å². The van der Waals surface area contributed by atoms with Crippen LogP contribution in [0, 0.1) is 0 Å². The number of rotatable bonds is 5. The van der Waals surface area contributed by atoms with Crippen molar-refractivity contribution in [3.05, 3.63) is 54.1 Å². The van der Waals surface area contributed by atoms with Gasteiger partial charge in [-0.1, -0.05) is 87.9 Å². The minimum atomic E-state index is 1.17. The summed E-state index contributed by atoms with van der Waals surface area (Å²) in [6.45, 7) is 16.2. The van der Waals surface area contributed by atoms with Gasteiger partial charge in [0.2, 0.25) is 0 Å². The lowest BCUT2D eigenvalue weighted by atomic mass is 10.1. The molecule has 0 saturated heterocycles. The summed E-state index contributed by atoms with van der Waals surface area (Å²) in [6, 6.07) is 10.4. The highest BCUT2D eigenvalue weighted by molar-refractivity contribution is 5.62. The molecule has 1 aromatic carbocycles. The Hall–Kier alpha value is -1.30. The lowest BCUT2D eigenvalue weighted by molar-refractivity contribution is 0.656. The second kappa shape index (κ2) is 16.8. The van der Waals surface area contributed by atoms with Crippen LogP contribution in [0.25, 0.3) is 5.57 Å². The molecule has 0 unspecified atom stereocenters. The molecule has 0 spiro atoms. The van der Waals surface area contributed by atoms with E-state index in [4.69, 9.17) is 0 Å². The quantitative estimate of drug-likeness (QED) is 0.385. The molecule has 0 aliphatic rings. The van der Waals surface area contributed by atoms with Crippen molar-refractivity contribution in [1.29, 1.82) is 0 Å². The molecule has 0 aromatic heterocycles. The monoisotopic (exact) mass is 288 g/mol. The minimum absolute atomic E-state index is 1.17. The molecule has 0 fully saturated rings. The lowest BCUT2D eigenvalue weighted by Gasteiger charge is -1.97. The van der Waals surface area contributed by atoms with E-state index >= 15 is 0 Å². The van der Waals surface area contributed by atoms with Gasteiger partial charge in [0.05, 0.1) is 0 Å². The molecule has 0 aliphatic carbocycles. The number of benzene rings is 1. The van der Waals surface area contributed by atoms with Crippen molar-refractivity contribution >= 4 is 5.57 Å². The summed E-state index contributed by atoms with van der Waals surface area (Å²) in [5.74, 6) is 0. The summed E-state index contributed by atoms with van der Waals surface area (Å²) in [6.07, 6.45) is 9.13. The van der Waals surface area contributed by atoms with Gasteiger partial charge in [0.25, 0.3) is 0 Å². The van der Waals surface area contributed by atoms with Gasteiger partial charge in [-0.3, -0.25) is 0 Å². The van der Waals surface area contributed by atoms with Crippen molar-refractivity contribution in [2.45, 2.75) is 73.6 Å². The first-order valence-electron chi connectivity index (χ1n) is 8.29. The molecule has 0 saturated carbocycles.